The van der Waals surface area contributed by atoms with Crippen LogP contribution in [0.25, 0.3) is 0 Å². The smallest absolute Gasteiger partial charge is 0.462 e. The highest BCUT2D eigenvalue weighted by Crippen LogP contribution is 2.45. The molecule has 7 atom stereocenters. The Morgan fingerprint density at radius 2 is 0.580 bits per heavy atom. The minimum atomic E-state index is -4.95. The van der Waals surface area contributed by atoms with Gasteiger partial charge in [0.25, 0.3) is 0 Å². The Balaban J connectivity index is 5.23. The number of esters is 4. The maximum absolute atomic E-state index is 13.0. The van der Waals surface area contributed by atoms with Gasteiger partial charge < -0.3 is 33.8 Å². The predicted molar refractivity (Wildman–Crippen MR) is 354 cm³/mol. The molecule has 0 amide bonds. The molecule has 0 rings (SSSR count). The van der Waals surface area contributed by atoms with Crippen LogP contribution in [-0.2, 0) is 65.4 Å². The van der Waals surface area contributed by atoms with Crippen LogP contribution in [0.15, 0.2) is 0 Å². The molecule has 0 aliphatic rings. The summed E-state index contributed by atoms with van der Waals surface area (Å²) in [5.41, 5.74) is 0. The normalized spacial score (nSPS) is 14.9. The largest absolute Gasteiger partial charge is 0.472 e. The van der Waals surface area contributed by atoms with E-state index in [0.29, 0.717) is 25.7 Å². The van der Waals surface area contributed by atoms with Crippen molar-refractivity contribution in [2.24, 2.45) is 17.8 Å². The molecule has 0 aliphatic carbocycles. The number of aliphatic hydroxyl groups excluding tert-OH is 1. The van der Waals surface area contributed by atoms with Gasteiger partial charge in [0.2, 0.25) is 0 Å². The summed E-state index contributed by atoms with van der Waals surface area (Å²) in [5.74, 6) is 0.184. The van der Waals surface area contributed by atoms with Crippen LogP contribution >= 0.6 is 15.6 Å². The minimum absolute atomic E-state index is 0.103. The third-order valence-corrected chi connectivity index (χ3v) is 18.5. The number of hydrogen-bond acceptors (Lipinski definition) is 15. The van der Waals surface area contributed by atoms with E-state index >= 15 is 0 Å². The van der Waals surface area contributed by atoms with Crippen LogP contribution in [0.1, 0.15) is 344 Å². The number of aliphatic hydroxyl groups is 1. The van der Waals surface area contributed by atoms with Gasteiger partial charge in [-0.2, -0.15) is 0 Å². The Bertz CT molecular complexity index is 1740. The second-order valence-corrected chi connectivity index (χ2v) is 28.8. The van der Waals surface area contributed by atoms with E-state index in [4.69, 9.17) is 37.0 Å². The summed E-state index contributed by atoms with van der Waals surface area (Å²) in [6.45, 7) is 11.8. The highest BCUT2D eigenvalue weighted by molar-refractivity contribution is 7.47. The number of hydrogen-bond donors (Lipinski definition) is 3. The van der Waals surface area contributed by atoms with Gasteiger partial charge in [0.05, 0.1) is 26.4 Å². The van der Waals surface area contributed by atoms with Crippen molar-refractivity contribution in [1.82, 2.24) is 0 Å². The van der Waals surface area contributed by atoms with Crippen LogP contribution in [0.2, 0.25) is 0 Å². The lowest BCUT2D eigenvalue weighted by atomic mass is 9.99. The molecule has 3 N–H and O–H groups in total. The molecule has 0 spiro atoms. The zero-order valence-electron chi connectivity index (χ0n) is 57.2. The van der Waals surface area contributed by atoms with E-state index in [0.717, 1.165) is 114 Å². The highest BCUT2D eigenvalue weighted by atomic mass is 31.2. The van der Waals surface area contributed by atoms with Crippen LogP contribution < -0.4 is 0 Å². The second-order valence-electron chi connectivity index (χ2n) is 25.9. The number of carbonyl (C=O) groups is 4. The van der Waals surface area contributed by atoms with Gasteiger partial charge in [-0.25, -0.2) is 9.13 Å². The van der Waals surface area contributed by atoms with Crippen LogP contribution in [-0.4, -0.2) is 96.7 Å². The predicted octanol–water partition coefficient (Wildman–Crippen LogP) is 19.5. The lowest BCUT2D eigenvalue weighted by Crippen LogP contribution is -2.30. The second kappa shape index (κ2) is 60.0. The van der Waals surface area contributed by atoms with Crippen molar-refractivity contribution in [3.63, 3.8) is 0 Å². The van der Waals surface area contributed by atoms with Gasteiger partial charge in [-0.3, -0.25) is 37.3 Å². The van der Waals surface area contributed by atoms with Crippen molar-refractivity contribution in [3.8, 4) is 0 Å². The maximum atomic E-state index is 13.0. The lowest BCUT2D eigenvalue weighted by molar-refractivity contribution is -0.161. The van der Waals surface area contributed by atoms with Crippen molar-refractivity contribution < 1.29 is 80.2 Å². The zero-order chi connectivity index (χ0) is 65.2. The van der Waals surface area contributed by atoms with E-state index in [1.54, 1.807) is 0 Å². The van der Waals surface area contributed by atoms with Gasteiger partial charge in [-0.05, 0) is 43.4 Å². The van der Waals surface area contributed by atoms with Gasteiger partial charge in [-0.15, -0.1) is 0 Å². The summed E-state index contributed by atoms with van der Waals surface area (Å²) < 4.78 is 68.2. The Morgan fingerprint density at radius 3 is 0.864 bits per heavy atom. The molecular weight excluding hydrogens is 1160 g/mol. The molecule has 19 heteroatoms. The van der Waals surface area contributed by atoms with Crippen LogP contribution in [0.3, 0.4) is 0 Å². The van der Waals surface area contributed by atoms with E-state index in [9.17, 15) is 43.2 Å². The highest BCUT2D eigenvalue weighted by Gasteiger charge is 2.30. The quantitative estimate of drug-likeness (QED) is 0.0222. The van der Waals surface area contributed by atoms with Gasteiger partial charge in [0.15, 0.2) is 12.2 Å². The third-order valence-electron chi connectivity index (χ3n) is 16.6. The molecule has 17 nitrogen and oxygen atoms in total. The molecule has 0 aliphatic heterocycles. The summed E-state index contributed by atoms with van der Waals surface area (Å²) in [7, 11) is -9.90. The van der Waals surface area contributed by atoms with E-state index in [1.165, 1.54) is 148 Å². The van der Waals surface area contributed by atoms with E-state index in [2.05, 4.69) is 48.5 Å². The molecule has 88 heavy (non-hydrogen) atoms. The number of rotatable bonds is 67. The van der Waals surface area contributed by atoms with Gasteiger partial charge in [0.1, 0.15) is 19.3 Å². The Hall–Kier alpha value is -1.94. The summed E-state index contributed by atoms with van der Waals surface area (Å²) >= 11 is 0. The first-order chi connectivity index (χ1) is 42.3. The van der Waals surface area contributed by atoms with E-state index in [1.807, 2.05) is 0 Å². The lowest BCUT2D eigenvalue weighted by Gasteiger charge is -2.21. The van der Waals surface area contributed by atoms with Crippen LogP contribution in [0, 0.1) is 17.8 Å². The van der Waals surface area contributed by atoms with Crippen molar-refractivity contribution in [1.29, 1.82) is 0 Å². The van der Waals surface area contributed by atoms with Gasteiger partial charge >= 0.3 is 39.5 Å². The van der Waals surface area contributed by atoms with Crippen molar-refractivity contribution in [2.45, 2.75) is 362 Å². The zero-order valence-corrected chi connectivity index (χ0v) is 59.0. The Labute approximate surface area is 537 Å². The average Bonchev–Trinajstić information content (AvgIpc) is 3.64. The number of phosphoric acid groups is 2. The van der Waals surface area contributed by atoms with Gasteiger partial charge in [0, 0.05) is 25.7 Å². The van der Waals surface area contributed by atoms with E-state index < -0.39 is 97.5 Å². The molecule has 0 aromatic carbocycles. The van der Waals surface area contributed by atoms with E-state index in [-0.39, 0.29) is 25.7 Å². The molecule has 0 heterocycles. The molecule has 4 unspecified atom stereocenters. The van der Waals surface area contributed by atoms with Crippen molar-refractivity contribution in [2.75, 3.05) is 39.6 Å². The fraction of sp³-hybridized carbons (Fsp3) is 0.942. The number of carbonyl (C=O) groups excluding carboxylic acids is 4. The Morgan fingerprint density at radius 1 is 0.330 bits per heavy atom. The molecule has 0 aromatic heterocycles. The molecule has 0 fully saturated rings. The summed E-state index contributed by atoms with van der Waals surface area (Å²) in [6, 6.07) is 0. The fourth-order valence-electron chi connectivity index (χ4n) is 10.3. The summed E-state index contributed by atoms with van der Waals surface area (Å²) in [4.78, 5) is 72.4. The molecule has 0 radical (unpaired) electrons. The topological polar surface area (TPSA) is 237 Å². The van der Waals surface area contributed by atoms with Crippen molar-refractivity contribution >= 4 is 39.5 Å². The number of unbranched alkanes of at least 4 members (excludes halogenated alkanes) is 33. The average molecular weight is 1300 g/mol. The summed E-state index contributed by atoms with van der Waals surface area (Å²) in [5, 5.41) is 10.6. The van der Waals surface area contributed by atoms with Crippen LogP contribution in [0.5, 0.6) is 0 Å². The van der Waals surface area contributed by atoms with Gasteiger partial charge in [-0.1, -0.05) is 292 Å². The Kier molecular flexibility index (Phi) is 58.7. The first-order valence-corrected chi connectivity index (χ1v) is 38.9. The molecule has 522 valence electrons. The first kappa shape index (κ1) is 86.1. The molecule has 0 aromatic rings. The summed E-state index contributed by atoms with van der Waals surface area (Å²) in [6.07, 6.45) is 43.0. The first-order valence-electron chi connectivity index (χ1n) is 35.9. The van der Waals surface area contributed by atoms with Crippen molar-refractivity contribution in [3.05, 3.63) is 0 Å². The molecule has 0 bridgehead atoms. The minimum Gasteiger partial charge on any atom is -0.462 e. The standard InChI is InChI=1S/C69H134O17P2/c1-8-11-12-13-14-28-36-43-50-66(71)79-57-65(86-69(74)53-46-39-32-31-35-42-49-62(7)10-3)59-84-88(77,78)82-55-63(70)54-81-87(75,76)83-58-64(56-80-67(72)51-44-37-29-24-21-20-23-27-34-41-48-61(6)9-2)85-68(73)52-45-38-30-25-19-17-15-16-18-22-26-33-40-47-60(4)5/h60-65,70H,8-59H2,1-7H3,(H,75,76)(H,77,78)/t61?,62?,63-,64-,65-/m1/s1. The fourth-order valence-corrected chi connectivity index (χ4v) is 11.9. The van der Waals surface area contributed by atoms with Crippen LogP contribution in [0.4, 0.5) is 0 Å². The monoisotopic (exact) mass is 1300 g/mol. The number of ether oxygens (including phenoxy) is 4. The molecule has 0 saturated carbocycles. The SMILES string of the molecule is CCCCCCCCCCC(=O)OC[C@H](COP(=O)(O)OC[C@H](O)COP(=O)(O)OC[C@@H](COC(=O)CCCCCCCCCCCCC(C)CC)OC(=O)CCCCCCCCCCCCCCCC(C)C)OC(=O)CCCCCCCCC(C)CC. The molecular formula is C69H134O17P2. The third kappa shape index (κ3) is 60.3. The maximum Gasteiger partial charge on any atom is 0.472 e. The molecule has 0 saturated heterocycles. The number of phosphoric ester groups is 2.